The molecule has 0 bridgehead atoms. The molecule has 1 N–H and O–H groups in total. The minimum absolute atomic E-state index is 0.739. The second-order valence-corrected chi connectivity index (χ2v) is 6.37. The summed E-state index contributed by atoms with van der Waals surface area (Å²) < 4.78 is 0. The van der Waals surface area contributed by atoms with Crippen LogP contribution in [0.1, 0.15) is 6.92 Å². The van der Waals surface area contributed by atoms with Crippen molar-refractivity contribution in [3.05, 3.63) is 30.3 Å². The normalized spacial score (nSPS) is 37.8. The highest BCUT2D eigenvalue weighted by atomic mass is 16.6. The fourth-order valence-electron chi connectivity index (χ4n) is 3.54. The van der Waals surface area contributed by atoms with E-state index in [-0.39, 0.29) is 0 Å². The van der Waals surface area contributed by atoms with E-state index in [1.165, 1.54) is 38.0 Å². The maximum Gasteiger partial charge on any atom is 0.269 e. The van der Waals surface area contributed by atoms with Crippen molar-refractivity contribution >= 4 is 0 Å². The Balaban J connectivity index is 3.67. The zero-order valence-electron chi connectivity index (χ0n) is 13.5. The SMILES string of the molecule is CN(C)C1C([N+](=O)[O-])C(N(C)C)C([N+](=O)[O-])C(C)(O)C1[N+](=O)[O-]. The molecule has 1 aliphatic rings. The Morgan fingerprint density at radius 2 is 1.13 bits per heavy atom. The van der Waals surface area contributed by atoms with Crippen molar-refractivity contribution in [2.75, 3.05) is 28.2 Å². The first-order valence-corrected chi connectivity index (χ1v) is 6.81. The molecule has 1 rings (SSSR count). The first-order chi connectivity index (χ1) is 10.4. The van der Waals surface area contributed by atoms with Gasteiger partial charge in [0.05, 0.1) is 0 Å². The van der Waals surface area contributed by atoms with Gasteiger partial charge in [0.1, 0.15) is 0 Å². The molecule has 4 atom stereocenters. The van der Waals surface area contributed by atoms with Crippen LogP contribution in [0.25, 0.3) is 0 Å². The lowest BCUT2D eigenvalue weighted by Crippen LogP contribution is -2.79. The largest absolute Gasteiger partial charge is 0.377 e. The standard InChI is InChI=1S/C11H21N5O7/c1-11(17)9(15(20)21)7(12(2)3)6(14(18)19)8(13(4)5)10(11)16(22)23/h6-10,17H,1-5H3. The van der Waals surface area contributed by atoms with Crippen molar-refractivity contribution in [1.82, 2.24) is 9.80 Å². The van der Waals surface area contributed by atoms with Gasteiger partial charge in [0, 0.05) is 14.8 Å². The Bertz CT molecular complexity index is 473. The molecule has 0 heterocycles. The van der Waals surface area contributed by atoms with Crippen molar-refractivity contribution in [2.24, 2.45) is 0 Å². The number of nitro groups is 3. The van der Waals surface area contributed by atoms with Crippen LogP contribution in [-0.4, -0.2) is 93.7 Å². The molecule has 0 aromatic rings. The predicted octanol–water partition coefficient (Wildman–Crippen LogP) is -1.45. The Hall–Kier alpha value is -1.92. The van der Waals surface area contributed by atoms with E-state index in [1.54, 1.807) is 0 Å². The zero-order chi connectivity index (χ0) is 18.3. The third-order valence-electron chi connectivity index (χ3n) is 4.43. The van der Waals surface area contributed by atoms with Gasteiger partial charge >= 0.3 is 0 Å². The summed E-state index contributed by atoms with van der Waals surface area (Å²) in [5, 5.41) is 45.1. The molecule has 0 radical (unpaired) electrons. The predicted molar refractivity (Wildman–Crippen MR) is 77.9 cm³/mol. The fourth-order valence-corrected chi connectivity index (χ4v) is 3.54. The topological polar surface area (TPSA) is 156 Å². The number of hydrogen-bond acceptors (Lipinski definition) is 9. The lowest BCUT2D eigenvalue weighted by Gasteiger charge is -2.46. The van der Waals surface area contributed by atoms with Crippen molar-refractivity contribution < 1.29 is 19.9 Å². The Morgan fingerprint density at radius 3 is 1.30 bits per heavy atom. The minimum Gasteiger partial charge on any atom is -0.377 e. The van der Waals surface area contributed by atoms with Crippen LogP contribution in [0.2, 0.25) is 0 Å². The van der Waals surface area contributed by atoms with E-state index >= 15 is 0 Å². The number of rotatable bonds is 5. The van der Waals surface area contributed by atoms with Gasteiger partial charge in [-0.1, -0.05) is 0 Å². The van der Waals surface area contributed by atoms with Gasteiger partial charge in [0.25, 0.3) is 18.1 Å². The number of hydrogen-bond donors (Lipinski definition) is 1. The molecule has 0 amide bonds. The summed E-state index contributed by atoms with van der Waals surface area (Å²) in [5.41, 5.74) is -2.36. The van der Waals surface area contributed by atoms with E-state index in [4.69, 9.17) is 0 Å². The highest BCUT2D eigenvalue weighted by Gasteiger charge is 2.72. The van der Waals surface area contributed by atoms with Gasteiger partial charge in [-0.25, -0.2) is 0 Å². The lowest BCUT2D eigenvalue weighted by atomic mass is 9.69. The summed E-state index contributed by atoms with van der Waals surface area (Å²) >= 11 is 0. The molecule has 12 nitrogen and oxygen atoms in total. The number of nitrogens with zero attached hydrogens (tertiary/aromatic N) is 5. The molecule has 23 heavy (non-hydrogen) atoms. The van der Waals surface area contributed by atoms with E-state index in [1.807, 2.05) is 0 Å². The van der Waals surface area contributed by atoms with E-state index < -0.39 is 50.6 Å². The lowest BCUT2D eigenvalue weighted by molar-refractivity contribution is -0.645. The van der Waals surface area contributed by atoms with E-state index in [0.717, 1.165) is 6.92 Å². The average molecular weight is 335 g/mol. The van der Waals surface area contributed by atoms with Crippen LogP contribution in [-0.2, 0) is 0 Å². The van der Waals surface area contributed by atoms with Crippen LogP contribution in [0.3, 0.4) is 0 Å². The van der Waals surface area contributed by atoms with E-state index in [2.05, 4.69) is 0 Å². The van der Waals surface area contributed by atoms with Crippen LogP contribution < -0.4 is 0 Å². The quantitative estimate of drug-likeness (QED) is 0.468. The Morgan fingerprint density at radius 1 is 0.826 bits per heavy atom. The molecular weight excluding hydrogens is 314 g/mol. The second-order valence-electron chi connectivity index (χ2n) is 6.37. The molecule has 0 aromatic heterocycles. The smallest absolute Gasteiger partial charge is 0.269 e. The molecule has 0 saturated heterocycles. The van der Waals surface area contributed by atoms with Gasteiger partial charge in [-0.2, -0.15) is 0 Å². The highest BCUT2D eigenvalue weighted by molar-refractivity contribution is 5.11. The molecule has 0 aliphatic heterocycles. The van der Waals surface area contributed by atoms with Crippen molar-refractivity contribution in [3.8, 4) is 0 Å². The van der Waals surface area contributed by atoms with E-state index in [9.17, 15) is 35.4 Å². The van der Waals surface area contributed by atoms with Crippen LogP contribution in [0.5, 0.6) is 0 Å². The number of aliphatic hydroxyl groups is 1. The average Bonchev–Trinajstić information content (AvgIpc) is 2.33. The van der Waals surface area contributed by atoms with Gasteiger partial charge in [0.2, 0.25) is 5.60 Å². The molecule has 1 fully saturated rings. The molecular formula is C11H21N5O7. The number of likely N-dealkylation sites (N-methyl/N-ethyl adjacent to an activating group) is 2. The monoisotopic (exact) mass is 335 g/mol. The van der Waals surface area contributed by atoms with Crippen molar-refractivity contribution in [2.45, 2.75) is 42.7 Å². The molecule has 1 aliphatic carbocycles. The molecule has 0 aromatic carbocycles. The first-order valence-electron chi connectivity index (χ1n) is 6.81. The molecule has 12 heteroatoms. The first kappa shape index (κ1) is 19.1. The van der Waals surface area contributed by atoms with Crippen molar-refractivity contribution in [1.29, 1.82) is 0 Å². The maximum atomic E-state index is 11.6. The molecule has 0 spiro atoms. The fraction of sp³-hybridized carbons (Fsp3) is 1.00. The van der Waals surface area contributed by atoms with E-state index in [0.29, 0.717) is 0 Å². The van der Waals surface area contributed by atoms with Gasteiger partial charge in [-0.3, -0.25) is 40.1 Å². The summed E-state index contributed by atoms with van der Waals surface area (Å²) in [4.78, 5) is 34.5. The Labute approximate surface area is 132 Å². The van der Waals surface area contributed by atoms with Crippen LogP contribution in [0.15, 0.2) is 0 Å². The van der Waals surface area contributed by atoms with Crippen molar-refractivity contribution in [3.63, 3.8) is 0 Å². The van der Waals surface area contributed by atoms with Crippen LogP contribution in [0, 0.1) is 30.3 Å². The maximum absolute atomic E-state index is 11.6. The second kappa shape index (κ2) is 6.29. The summed E-state index contributed by atoms with van der Waals surface area (Å²) in [6.45, 7) is 0.997. The molecule has 1 saturated carbocycles. The Kier molecular flexibility index (Phi) is 5.23. The minimum atomic E-state index is -2.36. The van der Waals surface area contributed by atoms with Gasteiger partial charge in [0.15, 0.2) is 12.1 Å². The van der Waals surface area contributed by atoms with Gasteiger partial charge in [-0.15, -0.1) is 0 Å². The highest BCUT2D eigenvalue weighted by Crippen LogP contribution is 2.37. The zero-order valence-corrected chi connectivity index (χ0v) is 13.5. The van der Waals surface area contributed by atoms with Gasteiger partial charge < -0.3 is 5.11 Å². The third kappa shape index (κ3) is 3.09. The molecule has 132 valence electrons. The van der Waals surface area contributed by atoms with Crippen LogP contribution in [0.4, 0.5) is 0 Å². The summed E-state index contributed by atoms with van der Waals surface area (Å²) in [7, 11) is 5.64. The summed E-state index contributed by atoms with van der Waals surface area (Å²) in [6.07, 6.45) is 0. The van der Waals surface area contributed by atoms with Crippen LogP contribution >= 0.6 is 0 Å². The third-order valence-corrected chi connectivity index (χ3v) is 4.43. The summed E-state index contributed by atoms with van der Waals surface area (Å²) in [6, 6.07) is -7.97. The summed E-state index contributed by atoms with van der Waals surface area (Å²) in [5.74, 6) is 0. The molecule has 4 unspecified atom stereocenters. The van der Waals surface area contributed by atoms with Gasteiger partial charge in [-0.05, 0) is 35.1 Å².